The largest absolute Gasteiger partial charge is 0.466 e. The molecule has 12 rings (SSSR count). The molecule has 4 N–H and O–H groups in total. The minimum absolute atomic E-state index is 0. The van der Waals surface area contributed by atoms with Crippen LogP contribution in [0.3, 0.4) is 0 Å². The number of rotatable bonds is 14. The molecule has 8 heterocycles. The van der Waals surface area contributed by atoms with Crippen molar-refractivity contribution in [1.29, 1.82) is 0 Å². The van der Waals surface area contributed by atoms with E-state index >= 15 is 0 Å². The van der Waals surface area contributed by atoms with Gasteiger partial charge in [-0.1, -0.05) is 89.2 Å². The van der Waals surface area contributed by atoms with Crippen LogP contribution in [0.25, 0.3) is 0 Å². The molecule has 0 aromatic rings. The zero-order valence-electron chi connectivity index (χ0n) is 51.2. The SMILES string of the molecule is COC(=O)C1=C(C(=O)NC2CCCCC2)C2C=CC1(C)O2.COC(=O)C1=C(C(=O)NC2CCCCC2)C2CCC1(C)O2.COC(=O)C1=C(C(=O)ONC2CCCCC2)C2(C)C=CC1O2.COC(=O)C1=C(C(=O)ONC2CCCCC2)C2(C)CCC1O2.[HH]. The monoisotopic (exact) mass is 1200 g/mol. The lowest BCUT2D eigenvalue weighted by molar-refractivity contribution is -0.151. The Hall–Kier alpha value is -6.04. The van der Waals surface area contributed by atoms with Gasteiger partial charge in [0.1, 0.15) is 23.4 Å². The molecule has 86 heavy (non-hydrogen) atoms. The Morgan fingerprint density at radius 2 is 0.733 bits per heavy atom. The molecular weight excluding hydrogens is 1110 g/mol. The predicted molar refractivity (Wildman–Crippen MR) is 310 cm³/mol. The molecule has 0 radical (unpaired) electrons. The number of ether oxygens (including phenoxy) is 8. The van der Waals surface area contributed by atoms with Crippen LogP contribution in [-0.4, -0.2) is 147 Å². The van der Waals surface area contributed by atoms with E-state index in [9.17, 15) is 38.4 Å². The number of nitrogens with one attached hydrogen (secondary N) is 4. The second-order valence-corrected chi connectivity index (χ2v) is 25.2. The maximum Gasteiger partial charge on any atom is 0.356 e. The van der Waals surface area contributed by atoms with Gasteiger partial charge in [0.05, 0.1) is 96.4 Å². The summed E-state index contributed by atoms with van der Waals surface area (Å²) in [6.07, 6.45) is 30.8. The highest BCUT2D eigenvalue weighted by Gasteiger charge is 2.57. The van der Waals surface area contributed by atoms with Gasteiger partial charge in [-0.05, 0) is 117 Å². The molecule has 8 aliphatic heterocycles. The summed E-state index contributed by atoms with van der Waals surface area (Å²) in [5.74, 6) is -3.40. The molecule has 8 bridgehead atoms. The van der Waals surface area contributed by atoms with E-state index in [2.05, 4.69) is 21.6 Å². The van der Waals surface area contributed by atoms with Gasteiger partial charge in [-0.25, -0.2) is 28.8 Å². The maximum absolute atomic E-state index is 12.6. The summed E-state index contributed by atoms with van der Waals surface area (Å²) >= 11 is 0. The van der Waals surface area contributed by atoms with E-state index in [1.54, 1.807) is 26.0 Å². The second-order valence-electron chi connectivity index (χ2n) is 25.2. The number of fused-ring (bicyclic) bond motifs is 8. The van der Waals surface area contributed by atoms with Crippen molar-refractivity contribution in [1.82, 2.24) is 21.6 Å². The standard InChI is InChI=1S/C16H23NO5.C16H21NO5.C16H23NO4.C16H21NO4.H2/c2*1-16-9-8-11(21-16)12(14(18)20-2)13(16)15(19)22-17-10-6-4-3-5-7-10;2*1-16-9-8-11(21-16)12(13(16)15(19)20-2)14(18)17-10-6-4-3-5-7-10;/h10-11,17H,3-9H2,1-2H3;8-11,17H,3-7H2,1-2H3;10-11H,3-9H2,1-2H3,(H,17,18);8-11H,3-7H2,1-2H3,(H,17,18);1H. The molecule has 474 valence electrons. The summed E-state index contributed by atoms with van der Waals surface area (Å²) in [7, 11) is 5.27. The topological polar surface area (TPSA) is 277 Å². The summed E-state index contributed by atoms with van der Waals surface area (Å²) in [5.41, 5.74) is 5.35. The fourth-order valence-electron chi connectivity index (χ4n) is 14.5. The number of hydrogen-bond acceptors (Lipinski definition) is 20. The highest BCUT2D eigenvalue weighted by molar-refractivity contribution is 6.08. The third-order valence-electron chi connectivity index (χ3n) is 19.0. The van der Waals surface area contributed by atoms with Gasteiger partial charge < -0.3 is 58.2 Å². The number of hydroxylamine groups is 2. The Morgan fingerprint density at radius 3 is 1.16 bits per heavy atom. The Bertz CT molecular complexity index is 2730. The molecule has 22 nitrogen and oxygen atoms in total. The third kappa shape index (κ3) is 13.6. The van der Waals surface area contributed by atoms with Gasteiger partial charge >= 0.3 is 35.8 Å². The maximum atomic E-state index is 12.6. The Kier molecular flexibility index (Phi) is 20.6. The number of methoxy groups -OCH3 is 4. The molecule has 8 atom stereocenters. The number of amides is 2. The second kappa shape index (κ2) is 27.6. The molecule has 4 aliphatic carbocycles. The van der Waals surface area contributed by atoms with Crippen LogP contribution in [0.1, 0.15) is 183 Å². The van der Waals surface area contributed by atoms with E-state index < -0.39 is 70.4 Å². The first kappa shape index (κ1) is 64.4. The van der Waals surface area contributed by atoms with E-state index in [0.717, 1.165) is 122 Å². The Balaban J connectivity index is 0.000000150. The van der Waals surface area contributed by atoms with E-state index in [0.29, 0.717) is 39.9 Å². The van der Waals surface area contributed by atoms with Crippen LogP contribution in [0, 0.1) is 0 Å². The van der Waals surface area contributed by atoms with Crippen molar-refractivity contribution < 1.29 is 87.4 Å². The predicted octanol–water partition coefficient (Wildman–Crippen LogP) is 7.09. The average molecular weight is 1200 g/mol. The van der Waals surface area contributed by atoms with Gasteiger partial charge in [0.15, 0.2) is 0 Å². The smallest absolute Gasteiger partial charge is 0.356 e. The van der Waals surface area contributed by atoms with Crippen LogP contribution in [0.5, 0.6) is 0 Å². The zero-order chi connectivity index (χ0) is 61.6. The normalized spacial score (nSPS) is 31.5. The molecule has 4 saturated carbocycles. The van der Waals surface area contributed by atoms with E-state index in [1.807, 2.05) is 26.0 Å². The third-order valence-corrected chi connectivity index (χ3v) is 19.0. The fourth-order valence-corrected chi connectivity index (χ4v) is 14.5. The van der Waals surface area contributed by atoms with Crippen molar-refractivity contribution in [3.8, 4) is 0 Å². The zero-order valence-corrected chi connectivity index (χ0v) is 51.2. The summed E-state index contributed by atoms with van der Waals surface area (Å²) in [6.45, 7) is 7.24. The molecular formula is C64H90N4O18. The van der Waals surface area contributed by atoms with Gasteiger partial charge in [0.2, 0.25) is 0 Å². The average Bonchev–Trinajstić information content (AvgIpc) is 1.74. The minimum Gasteiger partial charge on any atom is -0.466 e. The number of carbonyl (C=O) groups is 8. The van der Waals surface area contributed by atoms with Gasteiger partial charge in [0.25, 0.3) is 11.8 Å². The number of esters is 4. The molecule has 0 aromatic carbocycles. The molecule has 2 amide bonds. The van der Waals surface area contributed by atoms with Crippen LogP contribution >= 0.6 is 0 Å². The van der Waals surface area contributed by atoms with Crippen molar-refractivity contribution in [3.63, 3.8) is 0 Å². The van der Waals surface area contributed by atoms with Crippen LogP contribution < -0.4 is 21.6 Å². The molecule has 2 saturated heterocycles. The molecule has 12 aliphatic rings. The van der Waals surface area contributed by atoms with Crippen LogP contribution in [-0.2, 0) is 85.9 Å². The van der Waals surface area contributed by atoms with Crippen LogP contribution in [0.4, 0.5) is 0 Å². The summed E-state index contributed by atoms with van der Waals surface area (Å²) in [6, 6.07) is 0.813. The highest BCUT2D eigenvalue weighted by atomic mass is 16.7. The van der Waals surface area contributed by atoms with Crippen molar-refractivity contribution in [3.05, 3.63) is 68.9 Å². The molecule has 0 aromatic heterocycles. The number of carbonyl (C=O) groups excluding carboxylic acids is 8. The van der Waals surface area contributed by atoms with E-state index in [4.69, 9.17) is 47.6 Å². The summed E-state index contributed by atoms with van der Waals surface area (Å²) in [4.78, 5) is 109. The first-order chi connectivity index (χ1) is 41.2. The Labute approximate surface area is 505 Å². The van der Waals surface area contributed by atoms with Crippen molar-refractivity contribution >= 4 is 47.6 Å². The van der Waals surface area contributed by atoms with Crippen LogP contribution in [0.2, 0.25) is 0 Å². The first-order valence-corrected chi connectivity index (χ1v) is 31.2. The summed E-state index contributed by atoms with van der Waals surface area (Å²) in [5, 5.41) is 6.14. The molecule has 0 spiro atoms. The minimum atomic E-state index is -0.917. The first-order valence-electron chi connectivity index (χ1n) is 31.2. The van der Waals surface area contributed by atoms with Gasteiger partial charge in [0, 0.05) is 25.6 Å². The highest BCUT2D eigenvalue weighted by Crippen LogP contribution is 2.50. The lowest BCUT2D eigenvalue weighted by Crippen LogP contribution is -2.40. The summed E-state index contributed by atoms with van der Waals surface area (Å²) < 4.78 is 42.4. The van der Waals surface area contributed by atoms with Gasteiger partial charge in [-0.3, -0.25) is 9.59 Å². The quantitative estimate of drug-likeness (QED) is 0.0585. The van der Waals surface area contributed by atoms with Crippen molar-refractivity contribution in [2.45, 2.75) is 253 Å². The van der Waals surface area contributed by atoms with E-state index in [1.165, 1.54) is 54.1 Å². The van der Waals surface area contributed by atoms with Gasteiger partial charge in [-0.15, -0.1) is 11.0 Å². The molecule has 8 unspecified atom stereocenters. The lowest BCUT2D eigenvalue weighted by Gasteiger charge is -2.25. The Morgan fingerprint density at radius 1 is 0.395 bits per heavy atom. The van der Waals surface area contributed by atoms with Crippen LogP contribution in [0.15, 0.2) is 68.9 Å². The molecule has 6 fully saturated rings. The van der Waals surface area contributed by atoms with E-state index in [-0.39, 0.29) is 60.8 Å². The number of hydrogen-bond donors (Lipinski definition) is 4. The lowest BCUT2D eigenvalue weighted by atomic mass is 9.82. The fraction of sp³-hybridized carbons (Fsp3) is 0.688. The van der Waals surface area contributed by atoms with Crippen molar-refractivity contribution in [2.75, 3.05) is 28.4 Å². The molecule has 22 heteroatoms. The van der Waals surface area contributed by atoms with Crippen molar-refractivity contribution in [2.24, 2.45) is 0 Å². The van der Waals surface area contributed by atoms with Gasteiger partial charge in [-0.2, -0.15) is 0 Å².